The van der Waals surface area contributed by atoms with Gasteiger partial charge in [0.05, 0.1) is 6.10 Å². The average molecular weight is 482 g/mol. The molecule has 2 saturated heterocycles. The third kappa shape index (κ3) is 6.25. The van der Waals surface area contributed by atoms with Crippen LogP contribution in [0, 0.1) is 11.8 Å². The van der Waals surface area contributed by atoms with Crippen molar-refractivity contribution in [3.8, 4) is 0 Å². The highest BCUT2D eigenvalue weighted by molar-refractivity contribution is 7.08. The summed E-state index contributed by atoms with van der Waals surface area (Å²) in [6, 6.07) is 8.20. The normalized spacial score (nSPS) is 24.6. The van der Waals surface area contributed by atoms with E-state index in [4.69, 9.17) is 27.9 Å². The van der Waals surface area contributed by atoms with Crippen LogP contribution in [0.1, 0.15) is 43.2 Å². The van der Waals surface area contributed by atoms with E-state index in [0.29, 0.717) is 23.0 Å². The van der Waals surface area contributed by atoms with Crippen molar-refractivity contribution in [1.82, 2.24) is 9.80 Å². The number of halogens is 2. The van der Waals surface area contributed by atoms with Gasteiger partial charge in [0, 0.05) is 49.3 Å². The van der Waals surface area contributed by atoms with E-state index < -0.39 is 0 Å². The van der Waals surface area contributed by atoms with Crippen LogP contribution in [0.2, 0.25) is 10.0 Å². The van der Waals surface area contributed by atoms with Crippen LogP contribution in [0.4, 0.5) is 0 Å². The van der Waals surface area contributed by atoms with Crippen molar-refractivity contribution in [2.75, 3.05) is 39.8 Å². The van der Waals surface area contributed by atoms with Crippen LogP contribution in [-0.2, 0) is 11.3 Å². The number of likely N-dealkylation sites (tertiary alicyclic amines) is 2. The number of rotatable bonds is 8. The molecule has 0 saturated carbocycles. The topological polar surface area (TPSA) is 15.7 Å². The molecule has 0 amide bonds. The summed E-state index contributed by atoms with van der Waals surface area (Å²) >= 11 is 14.4. The third-order valence-electron chi connectivity index (χ3n) is 7.16. The van der Waals surface area contributed by atoms with Gasteiger partial charge in [0.2, 0.25) is 0 Å². The molecular weight excluding hydrogens is 447 g/mol. The Morgan fingerprint density at radius 2 is 1.94 bits per heavy atom. The largest absolute Gasteiger partial charge is 0.382 e. The lowest BCUT2D eigenvalue weighted by Crippen LogP contribution is -2.39. The minimum atomic E-state index is 0.377. The van der Waals surface area contributed by atoms with Gasteiger partial charge in [-0.15, -0.1) is 0 Å². The molecule has 3 heterocycles. The van der Waals surface area contributed by atoms with Crippen molar-refractivity contribution in [2.45, 2.75) is 44.8 Å². The molecule has 2 aromatic rings. The maximum Gasteiger partial charge on any atom is 0.0545 e. The molecular formula is C25H34Cl2N2OS. The van der Waals surface area contributed by atoms with Crippen LogP contribution >= 0.6 is 34.5 Å². The predicted molar refractivity (Wildman–Crippen MR) is 133 cm³/mol. The van der Waals surface area contributed by atoms with Crippen LogP contribution in [-0.4, -0.2) is 55.7 Å². The molecule has 2 aliphatic heterocycles. The number of benzene rings is 1. The highest BCUT2D eigenvalue weighted by Crippen LogP contribution is 2.36. The van der Waals surface area contributed by atoms with E-state index >= 15 is 0 Å². The molecule has 3 nitrogen and oxygen atoms in total. The summed E-state index contributed by atoms with van der Waals surface area (Å²) in [7, 11) is 1.83. The first-order valence-electron chi connectivity index (χ1n) is 11.5. The van der Waals surface area contributed by atoms with Crippen LogP contribution in [0.3, 0.4) is 0 Å². The maximum absolute atomic E-state index is 6.47. The summed E-state index contributed by atoms with van der Waals surface area (Å²) in [4.78, 5) is 5.28. The van der Waals surface area contributed by atoms with Crippen molar-refractivity contribution in [1.29, 1.82) is 0 Å². The number of hydrogen-bond donors (Lipinski definition) is 0. The first kappa shape index (κ1) is 23.5. The van der Waals surface area contributed by atoms with E-state index in [1.165, 1.54) is 50.0 Å². The first-order chi connectivity index (χ1) is 15.0. The molecule has 0 N–H and O–H groups in total. The molecule has 1 aromatic carbocycles. The van der Waals surface area contributed by atoms with Gasteiger partial charge >= 0.3 is 0 Å². The molecule has 0 spiro atoms. The van der Waals surface area contributed by atoms with Crippen molar-refractivity contribution in [3.63, 3.8) is 0 Å². The van der Waals surface area contributed by atoms with E-state index in [1.54, 1.807) is 0 Å². The number of piperidine rings is 1. The van der Waals surface area contributed by atoms with Gasteiger partial charge in [-0.2, -0.15) is 11.3 Å². The summed E-state index contributed by atoms with van der Waals surface area (Å²) in [6.45, 7) is 8.94. The Labute approximate surface area is 201 Å². The Hall–Kier alpha value is -0.620. The lowest BCUT2D eigenvalue weighted by Gasteiger charge is -2.35. The summed E-state index contributed by atoms with van der Waals surface area (Å²) in [6.07, 6.45) is 4.17. The Morgan fingerprint density at radius 1 is 1.13 bits per heavy atom. The van der Waals surface area contributed by atoms with E-state index in [1.807, 2.05) is 30.6 Å². The van der Waals surface area contributed by atoms with E-state index in [-0.39, 0.29) is 0 Å². The molecule has 3 atom stereocenters. The molecule has 0 radical (unpaired) electrons. The molecule has 4 rings (SSSR count). The van der Waals surface area contributed by atoms with Crippen LogP contribution < -0.4 is 0 Å². The molecule has 2 aliphatic rings. The lowest BCUT2D eigenvalue weighted by atomic mass is 9.88. The smallest absolute Gasteiger partial charge is 0.0545 e. The second-order valence-electron chi connectivity index (χ2n) is 9.38. The van der Waals surface area contributed by atoms with Crippen LogP contribution in [0.5, 0.6) is 0 Å². The van der Waals surface area contributed by atoms with Crippen LogP contribution in [0.25, 0.3) is 0 Å². The minimum Gasteiger partial charge on any atom is -0.382 e. The number of thiophene rings is 1. The average Bonchev–Trinajstić information content (AvgIpc) is 3.41. The number of nitrogens with zero attached hydrogens (tertiary/aromatic N) is 2. The monoisotopic (exact) mass is 480 g/mol. The molecule has 170 valence electrons. The lowest BCUT2D eigenvalue weighted by molar-refractivity contribution is 0.0736. The van der Waals surface area contributed by atoms with Crippen molar-refractivity contribution < 1.29 is 4.74 Å². The van der Waals surface area contributed by atoms with Gasteiger partial charge in [-0.3, -0.25) is 4.90 Å². The van der Waals surface area contributed by atoms with Gasteiger partial charge in [-0.1, -0.05) is 29.3 Å². The van der Waals surface area contributed by atoms with Gasteiger partial charge in [-0.25, -0.2) is 0 Å². The SMILES string of the molecule is COC(C)CC1CCN(C[C@H]2CN(Cc3ccc(Cl)cc3Cl)C[C@@H]2c2ccsc2)CC1. The maximum atomic E-state index is 6.47. The zero-order valence-electron chi connectivity index (χ0n) is 18.6. The quantitative estimate of drug-likeness (QED) is 0.434. The molecule has 6 heteroatoms. The Morgan fingerprint density at radius 3 is 2.61 bits per heavy atom. The summed E-state index contributed by atoms with van der Waals surface area (Å²) in [5.41, 5.74) is 2.67. The first-order valence-corrected chi connectivity index (χ1v) is 13.1. The van der Waals surface area contributed by atoms with E-state index in [2.05, 4.69) is 39.6 Å². The molecule has 1 unspecified atom stereocenters. The Kier molecular flexibility index (Phi) is 8.35. The molecule has 0 bridgehead atoms. The van der Waals surface area contributed by atoms with Crippen molar-refractivity contribution in [3.05, 3.63) is 56.2 Å². The number of methoxy groups -OCH3 is 1. The summed E-state index contributed by atoms with van der Waals surface area (Å²) in [5.74, 6) is 2.07. The molecule has 0 aliphatic carbocycles. The van der Waals surface area contributed by atoms with Gasteiger partial charge in [0.1, 0.15) is 0 Å². The third-order valence-corrected chi connectivity index (χ3v) is 8.45. The van der Waals surface area contributed by atoms with Gasteiger partial charge in [-0.05, 0) is 91.2 Å². The van der Waals surface area contributed by atoms with E-state index in [0.717, 1.165) is 30.6 Å². The minimum absolute atomic E-state index is 0.377. The molecule has 1 aromatic heterocycles. The fourth-order valence-electron chi connectivity index (χ4n) is 5.33. The zero-order chi connectivity index (χ0) is 21.8. The summed E-state index contributed by atoms with van der Waals surface area (Å²) in [5, 5.41) is 6.03. The highest BCUT2D eigenvalue weighted by atomic mass is 35.5. The molecule has 2 fully saturated rings. The fourth-order valence-corrected chi connectivity index (χ4v) is 6.52. The predicted octanol–water partition coefficient (Wildman–Crippen LogP) is 6.41. The number of hydrogen-bond acceptors (Lipinski definition) is 4. The summed E-state index contributed by atoms with van der Waals surface area (Å²) < 4.78 is 5.48. The Balaban J connectivity index is 1.37. The fraction of sp³-hybridized carbons (Fsp3) is 0.600. The van der Waals surface area contributed by atoms with Crippen molar-refractivity contribution >= 4 is 34.5 Å². The second kappa shape index (κ2) is 11.0. The Bertz CT molecular complexity index is 823. The molecule has 31 heavy (non-hydrogen) atoms. The number of ether oxygens (including phenoxy) is 1. The standard InChI is InChI=1S/C25H34Cl2N2OS/c1-18(30-2)11-19-5-8-28(9-6-19)14-22-15-29(16-24(22)21-7-10-31-17-21)13-20-3-4-23(26)12-25(20)27/h3-4,7,10,12,17-19,22,24H,5-6,8-9,11,13-16H2,1-2H3/t18?,22-,24+/m0/s1. The van der Waals surface area contributed by atoms with Crippen molar-refractivity contribution in [2.24, 2.45) is 11.8 Å². The van der Waals surface area contributed by atoms with Gasteiger partial charge < -0.3 is 9.64 Å². The van der Waals surface area contributed by atoms with Gasteiger partial charge in [0.15, 0.2) is 0 Å². The van der Waals surface area contributed by atoms with Crippen LogP contribution in [0.15, 0.2) is 35.0 Å². The van der Waals surface area contributed by atoms with Gasteiger partial charge in [0.25, 0.3) is 0 Å². The zero-order valence-corrected chi connectivity index (χ0v) is 20.9. The second-order valence-corrected chi connectivity index (χ2v) is 11.0. The highest BCUT2D eigenvalue weighted by Gasteiger charge is 2.36. The van der Waals surface area contributed by atoms with E-state index in [9.17, 15) is 0 Å².